The van der Waals surface area contributed by atoms with Crippen LogP contribution in [0.3, 0.4) is 0 Å². The van der Waals surface area contributed by atoms with Crippen molar-refractivity contribution < 1.29 is 22.7 Å². The van der Waals surface area contributed by atoms with Crippen molar-refractivity contribution in [1.82, 2.24) is 5.32 Å². The second kappa shape index (κ2) is 5.77. The van der Waals surface area contributed by atoms with Gasteiger partial charge in [0.25, 0.3) is 0 Å². The highest BCUT2D eigenvalue weighted by molar-refractivity contribution is 5.15. The molecule has 1 heterocycles. The lowest BCUT2D eigenvalue weighted by Gasteiger charge is -2.29. The standard InChI is InChI=1S/C14H20F3NO2/c1-10-6-7-12(20-10)13(19,14(15,16)17)8-9-18-11-4-2-3-5-11/h6-7,11,18-19H,2-5,8-9H2,1H3/t13-/m0/s1. The van der Waals surface area contributed by atoms with Crippen LogP contribution in [0.1, 0.15) is 43.6 Å². The molecule has 1 saturated carbocycles. The molecule has 1 aromatic rings. The van der Waals surface area contributed by atoms with E-state index in [-0.39, 0.29) is 12.6 Å². The minimum atomic E-state index is -4.76. The second-order valence-corrected chi connectivity index (χ2v) is 5.45. The monoisotopic (exact) mass is 291 g/mol. The highest BCUT2D eigenvalue weighted by Gasteiger charge is 2.56. The summed E-state index contributed by atoms with van der Waals surface area (Å²) in [6.07, 6.45) is -1.000. The predicted octanol–water partition coefficient (Wildman–Crippen LogP) is 3.26. The summed E-state index contributed by atoms with van der Waals surface area (Å²) in [7, 11) is 0. The van der Waals surface area contributed by atoms with E-state index in [4.69, 9.17) is 4.42 Å². The van der Waals surface area contributed by atoms with Gasteiger partial charge in [-0.15, -0.1) is 0 Å². The highest BCUT2D eigenvalue weighted by atomic mass is 19.4. The van der Waals surface area contributed by atoms with Crippen LogP contribution in [0.4, 0.5) is 13.2 Å². The van der Waals surface area contributed by atoms with Gasteiger partial charge in [-0.2, -0.15) is 13.2 Å². The van der Waals surface area contributed by atoms with Gasteiger partial charge in [-0.25, -0.2) is 0 Å². The third-order valence-corrected chi connectivity index (χ3v) is 3.89. The van der Waals surface area contributed by atoms with Gasteiger partial charge < -0.3 is 14.8 Å². The molecule has 0 amide bonds. The number of aliphatic hydroxyl groups is 1. The molecule has 1 aliphatic rings. The summed E-state index contributed by atoms with van der Waals surface area (Å²) in [6.45, 7) is 1.66. The molecule has 1 aliphatic carbocycles. The van der Waals surface area contributed by atoms with E-state index in [1.807, 2.05) is 0 Å². The number of hydrogen-bond donors (Lipinski definition) is 2. The molecule has 114 valence electrons. The molecular weight excluding hydrogens is 271 g/mol. The Balaban J connectivity index is 2.03. The van der Waals surface area contributed by atoms with Crippen molar-refractivity contribution in [2.45, 2.75) is 56.8 Å². The zero-order valence-corrected chi connectivity index (χ0v) is 11.5. The van der Waals surface area contributed by atoms with Crippen LogP contribution < -0.4 is 5.32 Å². The second-order valence-electron chi connectivity index (χ2n) is 5.45. The summed E-state index contributed by atoms with van der Waals surface area (Å²) in [5, 5.41) is 13.1. The van der Waals surface area contributed by atoms with Crippen LogP contribution in [0.5, 0.6) is 0 Å². The number of hydrogen-bond acceptors (Lipinski definition) is 3. The molecule has 1 aromatic heterocycles. The molecule has 0 radical (unpaired) electrons. The van der Waals surface area contributed by atoms with Crippen molar-refractivity contribution in [2.24, 2.45) is 0 Å². The lowest BCUT2D eigenvalue weighted by atomic mass is 9.95. The minimum Gasteiger partial charge on any atom is -0.463 e. The molecule has 0 bridgehead atoms. The number of halogens is 3. The molecule has 0 aliphatic heterocycles. The van der Waals surface area contributed by atoms with Gasteiger partial charge in [-0.1, -0.05) is 12.8 Å². The van der Waals surface area contributed by atoms with E-state index in [0.29, 0.717) is 5.76 Å². The maximum absolute atomic E-state index is 13.2. The quantitative estimate of drug-likeness (QED) is 0.875. The van der Waals surface area contributed by atoms with Gasteiger partial charge in [0.1, 0.15) is 11.5 Å². The largest absolute Gasteiger partial charge is 0.463 e. The van der Waals surface area contributed by atoms with Crippen LogP contribution in [0.2, 0.25) is 0 Å². The van der Waals surface area contributed by atoms with Crippen molar-refractivity contribution in [1.29, 1.82) is 0 Å². The zero-order chi connectivity index (χ0) is 14.8. The third-order valence-electron chi connectivity index (χ3n) is 3.89. The maximum Gasteiger partial charge on any atom is 0.424 e. The smallest absolute Gasteiger partial charge is 0.424 e. The Morgan fingerprint density at radius 2 is 1.95 bits per heavy atom. The fraction of sp³-hybridized carbons (Fsp3) is 0.714. The van der Waals surface area contributed by atoms with Crippen LogP contribution >= 0.6 is 0 Å². The topological polar surface area (TPSA) is 45.4 Å². The van der Waals surface area contributed by atoms with E-state index >= 15 is 0 Å². The van der Waals surface area contributed by atoms with E-state index in [1.165, 1.54) is 12.1 Å². The summed E-state index contributed by atoms with van der Waals surface area (Å²) < 4.78 is 44.5. The van der Waals surface area contributed by atoms with Crippen molar-refractivity contribution >= 4 is 0 Å². The maximum atomic E-state index is 13.2. The Morgan fingerprint density at radius 3 is 2.45 bits per heavy atom. The molecule has 20 heavy (non-hydrogen) atoms. The number of alkyl halides is 3. The Hall–Kier alpha value is -1.01. The molecule has 2 rings (SSSR count). The summed E-state index contributed by atoms with van der Waals surface area (Å²) in [5.41, 5.74) is -2.92. The van der Waals surface area contributed by atoms with Crippen molar-refractivity contribution in [3.63, 3.8) is 0 Å². The van der Waals surface area contributed by atoms with E-state index in [1.54, 1.807) is 6.92 Å². The normalized spacial score (nSPS) is 20.2. The summed E-state index contributed by atoms with van der Waals surface area (Å²) >= 11 is 0. The number of furan rings is 1. The fourth-order valence-electron chi connectivity index (χ4n) is 2.65. The summed E-state index contributed by atoms with van der Waals surface area (Å²) in [6, 6.07) is 2.89. The van der Waals surface area contributed by atoms with Crippen LogP contribution in [0, 0.1) is 6.92 Å². The van der Waals surface area contributed by atoms with Crippen LogP contribution in [0.25, 0.3) is 0 Å². The number of aryl methyl sites for hydroxylation is 1. The molecule has 6 heteroatoms. The summed E-state index contributed by atoms with van der Waals surface area (Å²) in [5.74, 6) is -0.0813. The molecule has 0 unspecified atom stereocenters. The van der Waals surface area contributed by atoms with Gasteiger partial charge in [0, 0.05) is 12.5 Å². The summed E-state index contributed by atoms with van der Waals surface area (Å²) in [4.78, 5) is 0. The van der Waals surface area contributed by atoms with Gasteiger partial charge in [-0.05, 0) is 38.4 Å². The minimum absolute atomic E-state index is 0.112. The van der Waals surface area contributed by atoms with Crippen molar-refractivity contribution in [2.75, 3.05) is 6.54 Å². The molecule has 2 N–H and O–H groups in total. The van der Waals surface area contributed by atoms with Crippen molar-refractivity contribution in [3.05, 3.63) is 23.7 Å². The van der Waals surface area contributed by atoms with Gasteiger partial charge in [0.2, 0.25) is 5.60 Å². The first-order chi connectivity index (χ1) is 9.33. The van der Waals surface area contributed by atoms with Crippen LogP contribution in [-0.2, 0) is 5.60 Å². The van der Waals surface area contributed by atoms with E-state index < -0.39 is 24.0 Å². The van der Waals surface area contributed by atoms with Gasteiger partial charge in [0.15, 0.2) is 0 Å². The Kier molecular flexibility index (Phi) is 4.44. The Bertz CT molecular complexity index is 438. The lowest BCUT2D eigenvalue weighted by Crippen LogP contribution is -2.45. The molecule has 1 atom stereocenters. The van der Waals surface area contributed by atoms with E-state index in [9.17, 15) is 18.3 Å². The van der Waals surface area contributed by atoms with Crippen molar-refractivity contribution in [3.8, 4) is 0 Å². The van der Waals surface area contributed by atoms with Gasteiger partial charge in [-0.3, -0.25) is 0 Å². The molecule has 0 spiro atoms. The lowest BCUT2D eigenvalue weighted by molar-refractivity contribution is -0.274. The zero-order valence-electron chi connectivity index (χ0n) is 11.5. The molecule has 0 saturated heterocycles. The average Bonchev–Trinajstić information content (AvgIpc) is 2.98. The molecule has 1 fully saturated rings. The molecule has 0 aromatic carbocycles. The average molecular weight is 291 g/mol. The third kappa shape index (κ3) is 3.17. The molecular formula is C14H20F3NO2. The van der Waals surface area contributed by atoms with Crippen LogP contribution in [0.15, 0.2) is 16.5 Å². The van der Waals surface area contributed by atoms with E-state index in [0.717, 1.165) is 25.7 Å². The highest BCUT2D eigenvalue weighted by Crippen LogP contribution is 2.42. The number of rotatable bonds is 5. The van der Waals surface area contributed by atoms with Crippen LogP contribution in [-0.4, -0.2) is 23.9 Å². The van der Waals surface area contributed by atoms with Gasteiger partial charge >= 0.3 is 6.18 Å². The Morgan fingerprint density at radius 1 is 1.30 bits per heavy atom. The van der Waals surface area contributed by atoms with E-state index in [2.05, 4.69) is 5.32 Å². The first-order valence-corrected chi connectivity index (χ1v) is 6.92. The molecule has 3 nitrogen and oxygen atoms in total. The fourth-order valence-corrected chi connectivity index (χ4v) is 2.65. The first kappa shape index (κ1) is 15.4. The number of nitrogens with one attached hydrogen (secondary N) is 1. The SMILES string of the molecule is Cc1ccc([C@@](O)(CCNC2CCCC2)C(F)(F)F)o1. The van der Waals surface area contributed by atoms with Gasteiger partial charge in [0.05, 0.1) is 0 Å². The Labute approximate surface area is 116 Å². The first-order valence-electron chi connectivity index (χ1n) is 6.92. The predicted molar refractivity (Wildman–Crippen MR) is 68.3 cm³/mol.